The number of benzene rings is 1. The fourth-order valence-electron chi connectivity index (χ4n) is 1.77. The van der Waals surface area contributed by atoms with Crippen LogP contribution in [0.2, 0.25) is 0 Å². The van der Waals surface area contributed by atoms with E-state index in [2.05, 4.69) is 15.9 Å². The third-order valence-corrected chi connectivity index (χ3v) is 3.60. The van der Waals surface area contributed by atoms with Crippen LogP contribution < -0.4 is 9.47 Å². The Morgan fingerprint density at radius 1 is 1.25 bits per heavy atom. The maximum atomic E-state index is 11.5. The van der Waals surface area contributed by atoms with E-state index in [1.54, 1.807) is 12.1 Å². The molecule has 1 N–H and O–H groups in total. The van der Waals surface area contributed by atoms with Gasteiger partial charge in [0.1, 0.15) is 0 Å². The van der Waals surface area contributed by atoms with E-state index in [9.17, 15) is 14.7 Å². The zero-order valence-electron chi connectivity index (χ0n) is 11.6. The molecule has 1 aromatic rings. The van der Waals surface area contributed by atoms with Crippen molar-refractivity contribution in [3.8, 4) is 11.5 Å². The van der Waals surface area contributed by atoms with Gasteiger partial charge in [0.25, 0.3) is 0 Å². The fraction of sp³-hybridized carbons (Fsp3) is 0.385. The molecule has 110 valence electrons. The first-order valence-electron chi connectivity index (χ1n) is 5.71. The zero-order valence-corrected chi connectivity index (χ0v) is 13.2. The topological polar surface area (TPSA) is 76.1 Å². The molecule has 0 heterocycles. The zero-order chi connectivity index (χ0) is 15.4. The minimum Gasteiger partial charge on any atom is -0.493 e. The molecule has 1 amide bonds. The summed E-state index contributed by atoms with van der Waals surface area (Å²) < 4.78 is 10.8. The first-order valence-corrected chi connectivity index (χ1v) is 6.50. The number of ether oxygens (including phenoxy) is 2. The summed E-state index contributed by atoms with van der Waals surface area (Å²) in [5.74, 6) is -0.610. The minimum atomic E-state index is -1.13. The van der Waals surface area contributed by atoms with Crippen LogP contribution in [0.4, 0.5) is 0 Å². The molecule has 0 saturated heterocycles. The average molecular weight is 346 g/mol. The van der Waals surface area contributed by atoms with Gasteiger partial charge >= 0.3 is 5.97 Å². The summed E-state index contributed by atoms with van der Waals surface area (Å²) in [5, 5.41) is 9.37. The molecule has 0 saturated carbocycles. The van der Waals surface area contributed by atoms with Crippen molar-refractivity contribution < 1.29 is 24.2 Å². The van der Waals surface area contributed by atoms with Crippen molar-refractivity contribution in [1.82, 2.24) is 4.90 Å². The molecule has 6 nitrogen and oxygen atoms in total. The number of methoxy groups -OCH3 is 2. The number of likely N-dealkylation sites (N-methyl/N-ethyl adjacent to an activating group) is 1. The summed E-state index contributed by atoms with van der Waals surface area (Å²) in [4.78, 5) is 24.1. The molecule has 1 atom stereocenters. The molecular weight excluding hydrogens is 330 g/mol. The third kappa shape index (κ3) is 3.22. The van der Waals surface area contributed by atoms with Gasteiger partial charge in [-0.15, -0.1) is 0 Å². The quantitative estimate of drug-likeness (QED) is 0.883. The lowest BCUT2D eigenvalue weighted by atomic mass is 10.0. The Morgan fingerprint density at radius 2 is 1.75 bits per heavy atom. The van der Waals surface area contributed by atoms with Crippen molar-refractivity contribution in [3.63, 3.8) is 0 Å². The second-order valence-corrected chi connectivity index (χ2v) is 4.95. The van der Waals surface area contributed by atoms with Crippen LogP contribution in [0.1, 0.15) is 18.5 Å². The number of hydrogen-bond donors (Lipinski definition) is 1. The van der Waals surface area contributed by atoms with Crippen LogP contribution in [0.5, 0.6) is 11.5 Å². The van der Waals surface area contributed by atoms with Gasteiger partial charge in [-0.3, -0.25) is 4.79 Å². The normalized spacial score (nSPS) is 11.7. The SMILES string of the molecule is COc1cc(Br)c(C(C(=O)O)N(C)C(C)=O)cc1OC. The number of amides is 1. The maximum Gasteiger partial charge on any atom is 0.331 e. The van der Waals surface area contributed by atoms with Crippen LogP contribution in [0.3, 0.4) is 0 Å². The lowest BCUT2D eigenvalue weighted by molar-refractivity contribution is -0.148. The smallest absolute Gasteiger partial charge is 0.331 e. The molecule has 7 heteroatoms. The Hall–Kier alpha value is -1.76. The van der Waals surface area contributed by atoms with E-state index in [4.69, 9.17) is 9.47 Å². The summed E-state index contributed by atoms with van der Waals surface area (Å²) in [7, 11) is 4.38. The number of carboxylic acid groups (broad SMARTS) is 1. The highest BCUT2D eigenvalue weighted by atomic mass is 79.9. The van der Waals surface area contributed by atoms with Crippen molar-refractivity contribution in [2.24, 2.45) is 0 Å². The standard InChI is InChI=1S/C13H16BrNO5/c1-7(16)15(2)12(13(17)18)8-5-10(19-3)11(20-4)6-9(8)14/h5-6,12H,1-4H3,(H,17,18). The molecule has 1 rings (SSSR count). The highest BCUT2D eigenvalue weighted by Gasteiger charge is 2.29. The molecule has 0 aliphatic carbocycles. The van der Waals surface area contributed by atoms with Crippen molar-refractivity contribution in [3.05, 3.63) is 22.2 Å². The second kappa shape index (κ2) is 6.60. The first-order chi connectivity index (χ1) is 9.33. The van der Waals surface area contributed by atoms with E-state index in [-0.39, 0.29) is 5.91 Å². The Morgan fingerprint density at radius 3 is 2.15 bits per heavy atom. The van der Waals surface area contributed by atoms with Crippen LogP contribution in [0.15, 0.2) is 16.6 Å². The summed E-state index contributed by atoms with van der Waals surface area (Å²) in [6, 6.07) is 2.04. The monoisotopic (exact) mass is 345 g/mol. The van der Waals surface area contributed by atoms with Crippen molar-refractivity contribution in [2.45, 2.75) is 13.0 Å². The molecule has 0 spiro atoms. The van der Waals surface area contributed by atoms with Crippen molar-refractivity contribution in [1.29, 1.82) is 0 Å². The molecule has 20 heavy (non-hydrogen) atoms. The Kier molecular flexibility index (Phi) is 5.38. The van der Waals surface area contributed by atoms with E-state index in [1.165, 1.54) is 28.2 Å². The van der Waals surface area contributed by atoms with Crippen LogP contribution in [-0.4, -0.2) is 43.2 Å². The van der Waals surface area contributed by atoms with E-state index >= 15 is 0 Å². The van der Waals surface area contributed by atoms with Crippen molar-refractivity contribution >= 4 is 27.8 Å². The van der Waals surface area contributed by atoms with Gasteiger partial charge < -0.3 is 19.5 Å². The van der Waals surface area contributed by atoms with E-state index < -0.39 is 12.0 Å². The number of carbonyl (C=O) groups is 2. The Labute approximate surface area is 125 Å². The predicted molar refractivity (Wildman–Crippen MR) is 76.1 cm³/mol. The van der Waals surface area contributed by atoms with E-state index in [0.717, 1.165) is 4.90 Å². The summed E-state index contributed by atoms with van der Waals surface area (Å²) in [6.07, 6.45) is 0. The van der Waals surface area contributed by atoms with Crippen LogP contribution >= 0.6 is 15.9 Å². The number of halogens is 1. The molecule has 0 aromatic heterocycles. The third-order valence-electron chi connectivity index (χ3n) is 2.92. The van der Waals surface area contributed by atoms with Gasteiger partial charge in [-0.05, 0) is 12.1 Å². The van der Waals surface area contributed by atoms with Crippen LogP contribution in [0, 0.1) is 0 Å². The average Bonchev–Trinajstić information content (AvgIpc) is 2.39. The highest BCUT2D eigenvalue weighted by molar-refractivity contribution is 9.10. The van der Waals surface area contributed by atoms with Crippen molar-refractivity contribution in [2.75, 3.05) is 21.3 Å². The molecule has 0 bridgehead atoms. The molecule has 0 aliphatic heterocycles. The summed E-state index contributed by atoms with van der Waals surface area (Å²) >= 11 is 3.30. The number of hydrogen-bond acceptors (Lipinski definition) is 4. The van der Waals surface area contributed by atoms with Gasteiger partial charge in [0.15, 0.2) is 17.5 Å². The lowest BCUT2D eigenvalue weighted by Crippen LogP contribution is -2.34. The van der Waals surface area contributed by atoms with Gasteiger partial charge in [0, 0.05) is 24.0 Å². The fourth-order valence-corrected chi connectivity index (χ4v) is 2.31. The predicted octanol–water partition coefficient (Wildman–Crippen LogP) is 2.07. The molecule has 1 unspecified atom stereocenters. The minimum absolute atomic E-state index is 0.348. The van der Waals surface area contributed by atoms with Gasteiger partial charge in [0.2, 0.25) is 5.91 Å². The summed E-state index contributed by atoms with van der Waals surface area (Å²) in [5.41, 5.74) is 0.410. The lowest BCUT2D eigenvalue weighted by Gasteiger charge is -2.25. The number of carboxylic acids is 1. The van der Waals surface area contributed by atoms with Gasteiger partial charge in [0.05, 0.1) is 14.2 Å². The van der Waals surface area contributed by atoms with E-state index in [1.807, 2.05) is 0 Å². The van der Waals surface area contributed by atoms with Gasteiger partial charge in [-0.2, -0.15) is 0 Å². The second-order valence-electron chi connectivity index (χ2n) is 4.10. The van der Waals surface area contributed by atoms with E-state index in [0.29, 0.717) is 21.5 Å². The van der Waals surface area contributed by atoms with Crippen LogP contribution in [0.25, 0.3) is 0 Å². The van der Waals surface area contributed by atoms with Crippen LogP contribution in [-0.2, 0) is 9.59 Å². The number of aliphatic carboxylic acids is 1. The van der Waals surface area contributed by atoms with Gasteiger partial charge in [-0.1, -0.05) is 15.9 Å². The Bertz CT molecular complexity index is 532. The highest BCUT2D eigenvalue weighted by Crippen LogP contribution is 2.37. The molecular formula is C13H16BrNO5. The van der Waals surface area contributed by atoms with Gasteiger partial charge in [-0.25, -0.2) is 4.79 Å². The number of rotatable bonds is 5. The first kappa shape index (κ1) is 16.3. The maximum absolute atomic E-state index is 11.5. The molecule has 0 radical (unpaired) electrons. The number of carbonyl (C=O) groups excluding carboxylic acids is 1. The summed E-state index contributed by atoms with van der Waals surface area (Å²) in [6.45, 7) is 1.31. The molecule has 0 aliphatic rings. The number of nitrogens with zero attached hydrogens (tertiary/aromatic N) is 1. The largest absolute Gasteiger partial charge is 0.493 e. The molecule has 1 aromatic carbocycles. The Balaban J connectivity index is 3.41. The molecule has 0 fully saturated rings.